The van der Waals surface area contributed by atoms with E-state index in [1.54, 1.807) is 6.20 Å². The van der Waals surface area contributed by atoms with E-state index in [1.807, 2.05) is 18.4 Å². The first-order chi connectivity index (χ1) is 9.08. The lowest BCUT2D eigenvalue weighted by molar-refractivity contribution is 0.301. The fourth-order valence-corrected chi connectivity index (χ4v) is 2.75. The summed E-state index contributed by atoms with van der Waals surface area (Å²) in [6.45, 7) is 0.319. The zero-order valence-electron chi connectivity index (χ0n) is 9.99. The number of benzene rings is 1. The highest BCUT2D eigenvalue weighted by Crippen LogP contribution is 2.24. The van der Waals surface area contributed by atoms with Crippen LogP contribution in [0.15, 0.2) is 39.8 Å². The number of pyridine rings is 1. The van der Waals surface area contributed by atoms with Gasteiger partial charge in [0.15, 0.2) is 5.75 Å². The first-order valence-electron chi connectivity index (χ1n) is 5.36. The Hall–Kier alpha value is -0.340. The van der Waals surface area contributed by atoms with Crippen LogP contribution in [0, 0.1) is 9.52 Å². The van der Waals surface area contributed by atoms with E-state index in [4.69, 9.17) is 4.74 Å². The number of hydrogen-bond acceptors (Lipinski definition) is 3. The Bertz CT molecular complexity index is 597. The van der Waals surface area contributed by atoms with Gasteiger partial charge in [-0.25, -0.2) is 9.37 Å². The van der Waals surface area contributed by atoms with Gasteiger partial charge >= 0.3 is 0 Å². The van der Waals surface area contributed by atoms with Gasteiger partial charge in [0.2, 0.25) is 0 Å². The third-order valence-electron chi connectivity index (χ3n) is 2.33. The number of rotatable bonds is 4. The third kappa shape index (κ3) is 4.32. The molecule has 0 aliphatic heterocycles. The predicted molar refractivity (Wildman–Crippen MR) is 87.2 cm³/mol. The summed E-state index contributed by atoms with van der Waals surface area (Å²) >= 11 is 6.96. The quantitative estimate of drug-likeness (QED) is 0.374. The average molecular weight is 454 g/mol. The second kappa shape index (κ2) is 6.90. The zero-order chi connectivity index (χ0) is 13.8. The molecule has 1 aromatic heterocycles. The van der Waals surface area contributed by atoms with Crippen LogP contribution in [0.4, 0.5) is 4.39 Å². The molecule has 0 atom stereocenters. The van der Waals surface area contributed by atoms with Gasteiger partial charge < -0.3 is 4.74 Å². The van der Waals surface area contributed by atoms with Crippen LogP contribution in [-0.4, -0.2) is 11.2 Å². The monoisotopic (exact) mass is 453 g/mol. The highest BCUT2D eigenvalue weighted by Gasteiger charge is 2.05. The standard InChI is InChI=1S/C13H10BrFINOS/c1-19-11-3-8(2-10(15)5-11)7-18-12-4-9(14)6-17-13(12)16/h2-6H,7H2,1H3. The molecule has 0 saturated heterocycles. The van der Waals surface area contributed by atoms with Gasteiger partial charge in [0.1, 0.15) is 16.1 Å². The van der Waals surface area contributed by atoms with Crippen LogP contribution >= 0.6 is 50.3 Å². The lowest BCUT2D eigenvalue weighted by Crippen LogP contribution is -1.99. The van der Waals surface area contributed by atoms with E-state index in [9.17, 15) is 4.39 Å². The Morgan fingerprint density at radius 2 is 2.16 bits per heavy atom. The Morgan fingerprint density at radius 1 is 1.37 bits per heavy atom. The summed E-state index contributed by atoms with van der Waals surface area (Å²) in [5, 5.41) is 0. The maximum absolute atomic E-state index is 13.4. The van der Waals surface area contributed by atoms with Crippen molar-refractivity contribution in [3.63, 3.8) is 0 Å². The lowest BCUT2D eigenvalue weighted by atomic mass is 10.2. The molecule has 2 aromatic rings. The highest BCUT2D eigenvalue weighted by molar-refractivity contribution is 14.1. The molecule has 2 rings (SSSR count). The van der Waals surface area contributed by atoms with Gasteiger partial charge in [-0.2, -0.15) is 0 Å². The van der Waals surface area contributed by atoms with Gasteiger partial charge in [0.05, 0.1) is 0 Å². The van der Waals surface area contributed by atoms with E-state index in [0.29, 0.717) is 12.4 Å². The van der Waals surface area contributed by atoms with Crippen molar-refractivity contribution in [2.24, 2.45) is 0 Å². The van der Waals surface area contributed by atoms with Crippen LogP contribution in [0.5, 0.6) is 5.75 Å². The maximum Gasteiger partial charge on any atom is 0.152 e. The molecule has 0 aliphatic carbocycles. The van der Waals surface area contributed by atoms with Crippen molar-refractivity contribution in [1.82, 2.24) is 4.98 Å². The highest BCUT2D eigenvalue weighted by atomic mass is 127. The van der Waals surface area contributed by atoms with E-state index in [1.165, 1.54) is 23.9 Å². The minimum Gasteiger partial charge on any atom is -0.486 e. The second-order valence-corrected chi connectivity index (χ2v) is 6.55. The van der Waals surface area contributed by atoms with Gasteiger partial charge in [-0.05, 0) is 74.6 Å². The first kappa shape index (κ1) is 15.1. The first-order valence-corrected chi connectivity index (χ1v) is 8.45. The molecule has 0 spiro atoms. The van der Waals surface area contributed by atoms with Gasteiger partial charge in [-0.3, -0.25) is 0 Å². The number of thioether (sulfide) groups is 1. The molecule has 0 aliphatic rings. The van der Waals surface area contributed by atoms with Crippen molar-refractivity contribution >= 4 is 50.3 Å². The van der Waals surface area contributed by atoms with Crippen LogP contribution in [0.2, 0.25) is 0 Å². The molecule has 0 fully saturated rings. The topological polar surface area (TPSA) is 22.1 Å². The van der Waals surface area contributed by atoms with Gasteiger partial charge in [-0.1, -0.05) is 0 Å². The Labute approximate surface area is 137 Å². The number of nitrogens with zero attached hydrogens (tertiary/aromatic N) is 1. The lowest BCUT2D eigenvalue weighted by Gasteiger charge is -2.09. The molecule has 2 nitrogen and oxygen atoms in total. The SMILES string of the molecule is CSc1cc(F)cc(COc2cc(Br)cnc2I)c1. The summed E-state index contributed by atoms with van der Waals surface area (Å²) in [5.74, 6) is 0.442. The fourth-order valence-electron chi connectivity index (χ4n) is 1.49. The predicted octanol–water partition coefficient (Wildman–Crippen LogP) is 4.89. The second-order valence-electron chi connectivity index (χ2n) is 3.73. The minimum absolute atomic E-state index is 0.243. The molecule has 0 bridgehead atoms. The van der Waals surface area contributed by atoms with E-state index >= 15 is 0 Å². The molecule has 6 heteroatoms. The van der Waals surface area contributed by atoms with E-state index < -0.39 is 0 Å². The summed E-state index contributed by atoms with van der Waals surface area (Å²) in [4.78, 5) is 5.07. The number of ether oxygens (including phenoxy) is 1. The molecule has 1 aromatic carbocycles. The molecule has 0 radical (unpaired) electrons. The summed E-state index contributed by atoms with van der Waals surface area (Å²) < 4.78 is 20.7. The van der Waals surface area contributed by atoms with E-state index in [-0.39, 0.29) is 5.82 Å². The van der Waals surface area contributed by atoms with Crippen molar-refractivity contribution in [2.75, 3.05) is 6.26 Å². The van der Waals surface area contributed by atoms with Crippen molar-refractivity contribution in [3.05, 3.63) is 50.0 Å². The largest absolute Gasteiger partial charge is 0.486 e. The zero-order valence-corrected chi connectivity index (χ0v) is 14.6. The molecule has 0 N–H and O–H groups in total. The molecular weight excluding hydrogens is 444 g/mol. The fraction of sp³-hybridized carbons (Fsp3) is 0.154. The van der Waals surface area contributed by atoms with Gasteiger partial charge in [-0.15, -0.1) is 11.8 Å². The van der Waals surface area contributed by atoms with Crippen molar-refractivity contribution in [1.29, 1.82) is 0 Å². The maximum atomic E-state index is 13.4. The molecule has 0 unspecified atom stereocenters. The van der Waals surface area contributed by atoms with Crippen LogP contribution in [0.25, 0.3) is 0 Å². The number of aromatic nitrogens is 1. The average Bonchev–Trinajstić information content (AvgIpc) is 2.39. The molecule has 0 saturated carbocycles. The normalized spacial score (nSPS) is 10.5. The molecular formula is C13H10BrFINOS. The van der Waals surface area contributed by atoms with Gasteiger partial charge in [0.25, 0.3) is 0 Å². The molecule has 1 heterocycles. The van der Waals surface area contributed by atoms with Crippen molar-refractivity contribution < 1.29 is 9.13 Å². The van der Waals surface area contributed by atoms with E-state index in [0.717, 1.165) is 18.6 Å². The molecule has 19 heavy (non-hydrogen) atoms. The van der Waals surface area contributed by atoms with Crippen molar-refractivity contribution in [3.8, 4) is 5.75 Å². The summed E-state index contributed by atoms with van der Waals surface area (Å²) in [7, 11) is 0. The van der Waals surface area contributed by atoms with Crippen LogP contribution < -0.4 is 4.74 Å². The van der Waals surface area contributed by atoms with Crippen LogP contribution in [0.1, 0.15) is 5.56 Å². The van der Waals surface area contributed by atoms with Crippen LogP contribution in [0.3, 0.4) is 0 Å². The molecule has 100 valence electrons. The Kier molecular flexibility index (Phi) is 5.47. The number of halogens is 3. The summed E-state index contributed by atoms with van der Waals surface area (Å²) in [5.41, 5.74) is 0.806. The Morgan fingerprint density at radius 3 is 2.89 bits per heavy atom. The Balaban J connectivity index is 2.14. The summed E-state index contributed by atoms with van der Waals surface area (Å²) in [6.07, 6.45) is 3.63. The summed E-state index contributed by atoms with van der Waals surface area (Å²) in [6, 6.07) is 6.77. The van der Waals surface area contributed by atoms with Crippen molar-refractivity contribution in [2.45, 2.75) is 11.5 Å². The van der Waals surface area contributed by atoms with Gasteiger partial charge in [0, 0.05) is 15.6 Å². The minimum atomic E-state index is -0.243. The number of hydrogen-bond donors (Lipinski definition) is 0. The smallest absolute Gasteiger partial charge is 0.152 e. The molecule has 0 amide bonds. The van der Waals surface area contributed by atoms with E-state index in [2.05, 4.69) is 43.5 Å². The van der Waals surface area contributed by atoms with Crippen LogP contribution in [-0.2, 0) is 6.61 Å². The third-order valence-corrected chi connectivity index (χ3v) is 4.29.